The summed E-state index contributed by atoms with van der Waals surface area (Å²) in [5, 5.41) is 0.955. The average Bonchev–Trinajstić information content (AvgIpc) is 2.65. The first-order valence-electron chi connectivity index (χ1n) is 9.96. The van der Waals surface area contributed by atoms with Gasteiger partial charge in [0.25, 0.3) is 0 Å². The highest BCUT2D eigenvalue weighted by Crippen LogP contribution is 2.38. The van der Waals surface area contributed by atoms with Crippen LogP contribution in [0, 0.1) is 0 Å². The first-order chi connectivity index (χ1) is 14.5. The van der Waals surface area contributed by atoms with E-state index in [0.29, 0.717) is 34.6 Å². The third-order valence-electron chi connectivity index (χ3n) is 4.82. The summed E-state index contributed by atoms with van der Waals surface area (Å²) in [5.41, 5.74) is 10.2. The minimum Gasteiger partial charge on any atom is -0.460 e. The highest BCUT2D eigenvalue weighted by molar-refractivity contribution is 7.99. The largest absolute Gasteiger partial charge is 0.460 e. The van der Waals surface area contributed by atoms with E-state index in [1.54, 1.807) is 39.1 Å². The van der Waals surface area contributed by atoms with E-state index in [-0.39, 0.29) is 25.1 Å². The van der Waals surface area contributed by atoms with Crippen LogP contribution in [0.25, 0.3) is 0 Å². The fourth-order valence-corrected chi connectivity index (χ4v) is 4.33. The third-order valence-corrected chi connectivity index (χ3v) is 6.42. The van der Waals surface area contributed by atoms with Crippen LogP contribution in [0.5, 0.6) is 0 Å². The van der Waals surface area contributed by atoms with Gasteiger partial charge in [0.2, 0.25) is 0 Å². The molecular formula is C21H27ClFN5O2S. The van der Waals surface area contributed by atoms with Crippen molar-refractivity contribution in [2.45, 2.75) is 61.2 Å². The topological polar surface area (TPSA) is 107 Å². The van der Waals surface area contributed by atoms with Gasteiger partial charge >= 0.3 is 5.97 Å². The van der Waals surface area contributed by atoms with Crippen LogP contribution < -0.4 is 16.4 Å². The second-order valence-corrected chi connectivity index (χ2v) is 9.99. The fourth-order valence-electron chi connectivity index (χ4n) is 3.27. The number of alkyl halides is 1. The summed E-state index contributed by atoms with van der Waals surface area (Å²) >= 11 is 7.52. The number of nitrogens with two attached hydrogens (primary N) is 2. The lowest BCUT2D eigenvalue weighted by molar-refractivity contribution is -0.158. The lowest BCUT2D eigenvalue weighted by Crippen LogP contribution is -2.44. The molecule has 0 radical (unpaired) electrons. The molecule has 0 bridgehead atoms. The van der Waals surface area contributed by atoms with Gasteiger partial charge in [0, 0.05) is 18.0 Å². The standard InChI is InChI=1S/C21H27ClFN5O2S/c1-20(2,3)30-16(29)11-21(23)7-9-28(10-8-21)15-12-26-19(18(25)27-15)31-14-6-4-5-13(24)17(14)22/h4-6,12H,7-11,24H2,1-3H3,(H2,25,27). The highest BCUT2D eigenvalue weighted by Gasteiger charge is 2.38. The molecule has 0 spiro atoms. The summed E-state index contributed by atoms with van der Waals surface area (Å²) in [6.45, 7) is 6.11. The summed E-state index contributed by atoms with van der Waals surface area (Å²) in [6.07, 6.45) is 1.76. The van der Waals surface area contributed by atoms with E-state index in [9.17, 15) is 4.79 Å². The summed E-state index contributed by atoms with van der Waals surface area (Å²) in [7, 11) is 0. The van der Waals surface area contributed by atoms with E-state index in [2.05, 4.69) is 9.97 Å². The molecule has 168 valence electrons. The summed E-state index contributed by atoms with van der Waals surface area (Å²) in [5.74, 6) is 0.306. The zero-order chi connectivity index (χ0) is 22.8. The number of hydrogen-bond acceptors (Lipinski definition) is 8. The Bertz CT molecular complexity index is 961. The molecule has 10 heteroatoms. The number of rotatable bonds is 5. The Kier molecular flexibility index (Phi) is 6.85. The molecule has 1 aromatic carbocycles. The monoisotopic (exact) mass is 467 g/mol. The Morgan fingerprint density at radius 3 is 2.61 bits per heavy atom. The minimum atomic E-state index is -1.59. The number of ether oxygens (including phenoxy) is 1. The molecule has 0 saturated carbocycles. The van der Waals surface area contributed by atoms with Crippen molar-refractivity contribution in [1.29, 1.82) is 0 Å². The van der Waals surface area contributed by atoms with Gasteiger partial charge in [0.1, 0.15) is 22.1 Å². The number of aromatic nitrogens is 2. The Morgan fingerprint density at radius 1 is 1.32 bits per heavy atom. The van der Waals surface area contributed by atoms with Gasteiger partial charge in [-0.25, -0.2) is 14.4 Å². The minimum absolute atomic E-state index is 0.198. The molecule has 0 amide bonds. The smallest absolute Gasteiger partial charge is 0.309 e. The molecule has 0 unspecified atom stereocenters. The molecule has 2 aromatic rings. The van der Waals surface area contributed by atoms with Gasteiger partial charge < -0.3 is 21.1 Å². The van der Waals surface area contributed by atoms with Gasteiger partial charge in [-0.15, -0.1) is 0 Å². The first-order valence-corrected chi connectivity index (χ1v) is 11.2. The Balaban J connectivity index is 1.63. The van der Waals surface area contributed by atoms with Crippen molar-refractivity contribution in [2.75, 3.05) is 29.5 Å². The molecule has 0 aliphatic carbocycles. The van der Waals surface area contributed by atoms with Gasteiger partial charge in [-0.1, -0.05) is 29.4 Å². The molecule has 1 fully saturated rings. The van der Waals surface area contributed by atoms with E-state index in [1.807, 2.05) is 11.0 Å². The van der Waals surface area contributed by atoms with Crippen LogP contribution >= 0.6 is 23.4 Å². The van der Waals surface area contributed by atoms with Crippen LogP contribution in [0.15, 0.2) is 34.3 Å². The van der Waals surface area contributed by atoms with Crippen LogP contribution in [0.2, 0.25) is 5.02 Å². The average molecular weight is 468 g/mol. The van der Waals surface area contributed by atoms with Crippen molar-refractivity contribution in [3.63, 3.8) is 0 Å². The zero-order valence-electron chi connectivity index (χ0n) is 17.8. The van der Waals surface area contributed by atoms with Crippen molar-refractivity contribution >= 4 is 46.7 Å². The van der Waals surface area contributed by atoms with Crippen LogP contribution in [-0.4, -0.2) is 40.3 Å². The molecule has 31 heavy (non-hydrogen) atoms. The summed E-state index contributed by atoms with van der Waals surface area (Å²) in [4.78, 5) is 23.5. The molecule has 2 heterocycles. The van der Waals surface area contributed by atoms with E-state index < -0.39 is 17.2 Å². The van der Waals surface area contributed by atoms with Gasteiger partial charge in [-0.3, -0.25) is 4.79 Å². The Hall–Kier alpha value is -2.26. The number of piperidine rings is 1. The van der Waals surface area contributed by atoms with Crippen LogP contribution in [-0.2, 0) is 9.53 Å². The normalized spacial score (nSPS) is 16.2. The number of esters is 1. The number of carbonyl (C=O) groups is 1. The molecule has 1 aromatic heterocycles. The molecular weight excluding hydrogens is 441 g/mol. The second kappa shape index (κ2) is 9.08. The Morgan fingerprint density at radius 2 is 2.00 bits per heavy atom. The predicted octanol–water partition coefficient (Wildman–Crippen LogP) is 4.49. The number of benzene rings is 1. The number of carbonyl (C=O) groups excluding carboxylic acids is 1. The van der Waals surface area contributed by atoms with Crippen molar-refractivity contribution in [1.82, 2.24) is 9.97 Å². The molecule has 3 rings (SSSR count). The highest BCUT2D eigenvalue weighted by atomic mass is 35.5. The quantitative estimate of drug-likeness (QED) is 0.489. The zero-order valence-corrected chi connectivity index (χ0v) is 19.4. The van der Waals surface area contributed by atoms with Crippen LogP contribution in [0.4, 0.5) is 21.7 Å². The van der Waals surface area contributed by atoms with Crippen molar-refractivity contribution < 1.29 is 13.9 Å². The van der Waals surface area contributed by atoms with Gasteiger partial charge in [0.05, 0.1) is 23.3 Å². The van der Waals surface area contributed by atoms with Gasteiger partial charge in [0.15, 0.2) is 5.82 Å². The number of hydrogen-bond donors (Lipinski definition) is 2. The molecule has 1 aliphatic rings. The van der Waals surface area contributed by atoms with Crippen molar-refractivity contribution in [3.8, 4) is 0 Å². The molecule has 7 nitrogen and oxygen atoms in total. The van der Waals surface area contributed by atoms with Crippen LogP contribution in [0.1, 0.15) is 40.0 Å². The maximum Gasteiger partial charge on any atom is 0.309 e. The summed E-state index contributed by atoms with van der Waals surface area (Å²) in [6, 6.07) is 5.35. The van der Waals surface area contributed by atoms with Crippen molar-refractivity contribution in [3.05, 3.63) is 29.4 Å². The fraction of sp³-hybridized carbons (Fsp3) is 0.476. The number of nitrogens with zero attached hydrogens (tertiary/aromatic N) is 3. The van der Waals surface area contributed by atoms with Crippen molar-refractivity contribution in [2.24, 2.45) is 0 Å². The molecule has 1 saturated heterocycles. The van der Waals surface area contributed by atoms with E-state index in [0.717, 1.165) is 4.90 Å². The lowest BCUT2D eigenvalue weighted by Gasteiger charge is -2.36. The molecule has 4 N–H and O–H groups in total. The maximum atomic E-state index is 15.1. The third kappa shape index (κ3) is 6.13. The number of halogens is 2. The van der Waals surface area contributed by atoms with E-state index >= 15 is 4.39 Å². The van der Waals surface area contributed by atoms with Gasteiger partial charge in [-0.05, 0) is 45.7 Å². The summed E-state index contributed by atoms with van der Waals surface area (Å²) < 4.78 is 20.4. The molecule has 1 aliphatic heterocycles. The lowest BCUT2D eigenvalue weighted by atomic mass is 9.90. The first kappa shape index (κ1) is 23.4. The van der Waals surface area contributed by atoms with Crippen LogP contribution in [0.3, 0.4) is 0 Å². The Labute approximate surface area is 190 Å². The van der Waals surface area contributed by atoms with E-state index in [1.165, 1.54) is 11.8 Å². The van der Waals surface area contributed by atoms with Gasteiger partial charge in [-0.2, -0.15) is 0 Å². The number of anilines is 3. The maximum absolute atomic E-state index is 15.1. The SMILES string of the molecule is CC(C)(C)OC(=O)CC1(F)CCN(c2cnc(Sc3cccc(N)c3Cl)c(N)n2)CC1. The van der Waals surface area contributed by atoms with E-state index in [4.69, 9.17) is 27.8 Å². The molecule has 0 atom stereocenters. The second-order valence-electron chi connectivity index (χ2n) is 8.58. The number of nitrogen functional groups attached to an aromatic ring is 2. The predicted molar refractivity (Wildman–Crippen MR) is 122 cm³/mol.